The molecule has 6 nitrogen and oxygen atoms in total. The fourth-order valence-electron chi connectivity index (χ4n) is 2.23. The molecule has 150 valence electrons. The zero-order valence-corrected chi connectivity index (χ0v) is 18.9. The molecule has 0 heterocycles. The van der Waals surface area contributed by atoms with Crippen molar-refractivity contribution in [1.82, 2.24) is 10.6 Å². The van der Waals surface area contributed by atoms with Crippen LogP contribution in [0.1, 0.15) is 32.3 Å². The number of hydrogen-bond donors (Lipinski definition) is 3. The van der Waals surface area contributed by atoms with Crippen molar-refractivity contribution in [2.45, 2.75) is 33.6 Å². The summed E-state index contributed by atoms with van der Waals surface area (Å²) in [4.78, 5) is 4.08. The molecule has 1 aromatic rings. The topological polar surface area (TPSA) is 82.6 Å². The first-order valence-electron chi connectivity index (χ1n) is 8.52. The highest BCUT2D eigenvalue weighted by molar-refractivity contribution is 14.0. The summed E-state index contributed by atoms with van der Waals surface area (Å²) in [5.74, 6) is 0.543. The lowest BCUT2D eigenvalue weighted by Crippen LogP contribution is -2.41. The molecule has 0 amide bonds. The number of aryl methyl sites for hydroxylation is 1. The summed E-state index contributed by atoms with van der Waals surface area (Å²) < 4.78 is 40.1. The van der Waals surface area contributed by atoms with E-state index >= 15 is 0 Å². The molecular weight excluding hydrogens is 470 g/mol. The van der Waals surface area contributed by atoms with Gasteiger partial charge in [0, 0.05) is 20.1 Å². The van der Waals surface area contributed by atoms with Crippen LogP contribution in [0, 0.1) is 18.7 Å². The van der Waals surface area contributed by atoms with Crippen molar-refractivity contribution in [3.8, 4) is 0 Å². The maximum atomic E-state index is 13.5. The van der Waals surface area contributed by atoms with Crippen LogP contribution in [0.15, 0.2) is 23.2 Å². The van der Waals surface area contributed by atoms with Crippen molar-refractivity contribution in [1.29, 1.82) is 0 Å². The Bertz CT molecular complexity index is 679. The second-order valence-corrected chi connectivity index (χ2v) is 7.79. The van der Waals surface area contributed by atoms with Gasteiger partial charge in [0.05, 0.1) is 11.4 Å². The van der Waals surface area contributed by atoms with Gasteiger partial charge in [-0.15, -0.1) is 24.0 Å². The van der Waals surface area contributed by atoms with E-state index in [1.165, 1.54) is 12.1 Å². The third-order valence-corrected chi connectivity index (χ3v) is 5.33. The summed E-state index contributed by atoms with van der Waals surface area (Å²) in [6.45, 7) is 6.89. The Morgan fingerprint density at radius 1 is 1.23 bits per heavy atom. The standard InChI is InChI=1S/C17H29FN4O2S.HI/c1-5-14(6-2)12-21-17(19-4)20-9-10-25(23,24)22-15-8-7-13(3)16(18)11-15;/h7-8,11,14,22H,5-6,9-10,12H2,1-4H3,(H2,19,20,21);1H. The van der Waals surface area contributed by atoms with Crippen molar-refractivity contribution in [3.63, 3.8) is 0 Å². The van der Waals surface area contributed by atoms with E-state index in [1.54, 1.807) is 20.0 Å². The Kier molecular flexibility index (Phi) is 11.8. The summed E-state index contributed by atoms with van der Waals surface area (Å²) in [5.41, 5.74) is 0.691. The van der Waals surface area contributed by atoms with Gasteiger partial charge in [0.25, 0.3) is 0 Å². The number of anilines is 1. The highest BCUT2D eigenvalue weighted by atomic mass is 127. The smallest absolute Gasteiger partial charge is 0.234 e. The minimum Gasteiger partial charge on any atom is -0.356 e. The number of hydrogen-bond acceptors (Lipinski definition) is 3. The summed E-state index contributed by atoms with van der Waals surface area (Å²) in [7, 11) is -1.93. The number of guanidine groups is 1. The van der Waals surface area contributed by atoms with Crippen LogP contribution >= 0.6 is 24.0 Å². The first-order valence-corrected chi connectivity index (χ1v) is 10.2. The summed E-state index contributed by atoms with van der Waals surface area (Å²) in [6, 6.07) is 4.25. The molecule has 0 saturated heterocycles. The Morgan fingerprint density at radius 2 is 1.88 bits per heavy atom. The van der Waals surface area contributed by atoms with E-state index in [0.717, 1.165) is 19.4 Å². The number of nitrogens with one attached hydrogen (secondary N) is 3. The van der Waals surface area contributed by atoms with Gasteiger partial charge in [-0.2, -0.15) is 0 Å². The highest BCUT2D eigenvalue weighted by Crippen LogP contribution is 2.14. The van der Waals surface area contributed by atoms with E-state index in [0.29, 0.717) is 17.4 Å². The van der Waals surface area contributed by atoms with Crippen molar-refractivity contribution in [2.75, 3.05) is 30.6 Å². The molecule has 0 aliphatic rings. The minimum absolute atomic E-state index is 0. The van der Waals surface area contributed by atoms with E-state index in [9.17, 15) is 12.8 Å². The van der Waals surface area contributed by atoms with Crippen LogP contribution in [0.5, 0.6) is 0 Å². The predicted molar refractivity (Wildman–Crippen MR) is 117 cm³/mol. The first-order chi connectivity index (χ1) is 11.8. The van der Waals surface area contributed by atoms with Crippen LogP contribution in [-0.2, 0) is 10.0 Å². The molecule has 0 aromatic heterocycles. The number of rotatable bonds is 9. The van der Waals surface area contributed by atoms with Gasteiger partial charge < -0.3 is 10.6 Å². The zero-order valence-electron chi connectivity index (χ0n) is 15.8. The minimum atomic E-state index is -3.57. The summed E-state index contributed by atoms with van der Waals surface area (Å²) in [6.07, 6.45) is 2.15. The van der Waals surface area contributed by atoms with E-state index in [2.05, 4.69) is 34.2 Å². The molecule has 9 heteroatoms. The summed E-state index contributed by atoms with van der Waals surface area (Å²) >= 11 is 0. The van der Waals surface area contributed by atoms with Gasteiger partial charge in [-0.3, -0.25) is 9.71 Å². The van der Waals surface area contributed by atoms with Gasteiger partial charge in [0.2, 0.25) is 10.0 Å². The molecule has 1 aromatic carbocycles. The molecule has 1 rings (SSSR count). The molecule has 0 bridgehead atoms. The number of nitrogens with zero attached hydrogens (tertiary/aromatic N) is 1. The Hall–Kier alpha value is -1.10. The molecule has 26 heavy (non-hydrogen) atoms. The van der Waals surface area contributed by atoms with Crippen molar-refractivity contribution < 1.29 is 12.8 Å². The molecule has 0 saturated carbocycles. The Labute approximate surface area is 173 Å². The predicted octanol–water partition coefficient (Wildman–Crippen LogP) is 3.10. The molecular formula is C17H30FIN4O2S. The fraction of sp³-hybridized carbons (Fsp3) is 0.588. The second-order valence-electron chi connectivity index (χ2n) is 5.95. The highest BCUT2D eigenvalue weighted by Gasteiger charge is 2.12. The van der Waals surface area contributed by atoms with Gasteiger partial charge in [0.1, 0.15) is 5.82 Å². The van der Waals surface area contributed by atoms with Crippen LogP contribution in [0.3, 0.4) is 0 Å². The third kappa shape index (κ3) is 9.02. The largest absolute Gasteiger partial charge is 0.356 e. The summed E-state index contributed by atoms with van der Waals surface area (Å²) in [5, 5.41) is 6.18. The molecule has 0 aliphatic heterocycles. The lowest BCUT2D eigenvalue weighted by molar-refractivity contribution is 0.481. The number of aliphatic imine (C=N–C) groups is 1. The quantitative estimate of drug-likeness (QED) is 0.277. The average molecular weight is 500 g/mol. The van der Waals surface area contributed by atoms with Crippen LogP contribution in [0.25, 0.3) is 0 Å². The van der Waals surface area contributed by atoms with Crippen LogP contribution in [0.4, 0.5) is 10.1 Å². The van der Waals surface area contributed by atoms with E-state index in [1.807, 2.05) is 0 Å². The van der Waals surface area contributed by atoms with Gasteiger partial charge >= 0.3 is 0 Å². The first kappa shape index (κ1) is 24.9. The van der Waals surface area contributed by atoms with E-state index in [4.69, 9.17) is 0 Å². The van der Waals surface area contributed by atoms with Crippen molar-refractivity contribution >= 4 is 45.6 Å². The monoisotopic (exact) mass is 500 g/mol. The maximum absolute atomic E-state index is 13.5. The maximum Gasteiger partial charge on any atom is 0.234 e. The lowest BCUT2D eigenvalue weighted by Gasteiger charge is -2.17. The van der Waals surface area contributed by atoms with Crippen LogP contribution in [0.2, 0.25) is 0 Å². The second kappa shape index (κ2) is 12.3. The molecule has 3 N–H and O–H groups in total. The van der Waals surface area contributed by atoms with Crippen LogP contribution < -0.4 is 15.4 Å². The molecule has 0 atom stereocenters. The van der Waals surface area contributed by atoms with Gasteiger partial charge in [-0.1, -0.05) is 32.8 Å². The van der Waals surface area contributed by atoms with Crippen LogP contribution in [-0.4, -0.2) is 40.3 Å². The molecule has 0 aliphatic carbocycles. The Morgan fingerprint density at radius 3 is 2.42 bits per heavy atom. The third-order valence-electron chi connectivity index (χ3n) is 4.04. The number of sulfonamides is 1. The zero-order chi connectivity index (χ0) is 18.9. The van der Waals surface area contributed by atoms with Gasteiger partial charge in [0.15, 0.2) is 5.96 Å². The fourth-order valence-corrected chi connectivity index (χ4v) is 3.19. The van der Waals surface area contributed by atoms with Gasteiger partial charge in [-0.05, 0) is 30.5 Å². The van der Waals surface area contributed by atoms with E-state index in [-0.39, 0.29) is 42.0 Å². The van der Waals surface area contributed by atoms with Crippen molar-refractivity contribution in [3.05, 3.63) is 29.6 Å². The SMILES string of the molecule is CCC(CC)CNC(=NC)NCCS(=O)(=O)Nc1ccc(C)c(F)c1.I. The van der Waals surface area contributed by atoms with E-state index < -0.39 is 15.8 Å². The molecule has 0 radical (unpaired) electrons. The number of benzene rings is 1. The number of halogens is 2. The lowest BCUT2D eigenvalue weighted by atomic mass is 10.0. The molecule has 0 spiro atoms. The van der Waals surface area contributed by atoms with Gasteiger partial charge in [-0.25, -0.2) is 12.8 Å². The Balaban J connectivity index is 0.00000625. The average Bonchev–Trinajstić information content (AvgIpc) is 2.57. The molecule has 0 unspecified atom stereocenters. The normalized spacial score (nSPS) is 11.8. The van der Waals surface area contributed by atoms with Crippen molar-refractivity contribution in [2.24, 2.45) is 10.9 Å². The molecule has 0 fully saturated rings.